The molecule has 49 heavy (non-hydrogen) atoms. The minimum absolute atomic E-state index is 0.0648. The van der Waals surface area contributed by atoms with Crippen molar-refractivity contribution in [3.63, 3.8) is 0 Å². The smallest absolute Gasteiger partial charge is 0.409 e. The van der Waals surface area contributed by atoms with E-state index in [1.807, 2.05) is 13.0 Å². The van der Waals surface area contributed by atoms with Crippen molar-refractivity contribution in [3.8, 4) is 5.75 Å². The summed E-state index contributed by atoms with van der Waals surface area (Å²) in [4.78, 5) is 87.9. The summed E-state index contributed by atoms with van der Waals surface area (Å²) in [5.74, 6) is -2.50. The van der Waals surface area contributed by atoms with Crippen LogP contribution in [0.5, 0.6) is 5.75 Å². The van der Waals surface area contributed by atoms with E-state index >= 15 is 0 Å². The van der Waals surface area contributed by atoms with Gasteiger partial charge in [0.1, 0.15) is 23.5 Å². The molecule has 2 N–H and O–H groups in total. The summed E-state index contributed by atoms with van der Waals surface area (Å²) in [5, 5.41) is 12.6. The Labute approximate surface area is 284 Å². The number of hydrogen-bond donors (Lipinski definition) is 2. The number of rotatable bonds is 12. The van der Waals surface area contributed by atoms with E-state index < -0.39 is 36.0 Å². The molecule has 1 aliphatic carbocycles. The molecule has 2 atom stereocenters. The van der Waals surface area contributed by atoms with Crippen molar-refractivity contribution >= 4 is 46.6 Å². The summed E-state index contributed by atoms with van der Waals surface area (Å²) in [6, 6.07) is 5.32. The van der Waals surface area contributed by atoms with Gasteiger partial charge in [0.2, 0.25) is 11.8 Å². The summed E-state index contributed by atoms with van der Waals surface area (Å²) in [7, 11) is 1.78. The summed E-state index contributed by atoms with van der Waals surface area (Å²) in [6.45, 7) is 4.74. The van der Waals surface area contributed by atoms with Crippen LogP contribution in [0.1, 0.15) is 61.5 Å². The van der Waals surface area contributed by atoms with Gasteiger partial charge >= 0.3 is 12.1 Å². The number of hydrogen-bond acceptors (Lipinski definition) is 9. The highest BCUT2D eigenvalue weighted by Gasteiger charge is 2.40. The Bertz CT molecular complexity index is 1600. The van der Waals surface area contributed by atoms with Gasteiger partial charge in [0.25, 0.3) is 11.8 Å². The van der Waals surface area contributed by atoms with Gasteiger partial charge in [-0.2, -0.15) is 0 Å². The Morgan fingerprint density at radius 3 is 2.41 bits per heavy atom. The van der Waals surface area contributed by atoms with E-state index in [4.69, 9.17) is 9.47 Å². The van der Waals surface area contributed by atoms with E-state index in [2.05, 4.69) is 10.3 Å². The molecule has 0 radical (unpaired) electrons. The Balaban J connectivity index is 1.30. The highest BCUT2D eigenvalue weighted by Crippen LogP contribution is 2.30. The monoisotopic (exact) mass is 680 g/mol. The van der Waals surface area contributed by atoms with Crippen LogP contribution in [0.15, 0.2) is 24.3 Å². The number of benzene rings is 1. The molecule has 3 fully saturated rings. The number of carbonyl (C=O) groups excluding carboxylic acids is 5. The Hall–Kier alpha value is -4.95. The van der Waals surface area contributed by atoms with E-state index in [1.165, 1.54) is 15.9 Å². The number of nitrogens with zero attached hydrogens (tertiary/aromatic N) is 5. The molecule has 2 aliphatic heterocycles. The first kappa shape index (κ1) is 35.4. The van der Waals surface area contributed by atoms with Crippen LogP contribution in [0, 0.1) is 6.92 Å². The zero-order valence-corrected chi connectivity index (χ0v) is 28.2. The molecular formula is C34H44N6O9. The highest BCUT2D eigenvalue weighted by molar-refractivity contribution is 5.99. The number of ether oxygens (including phenoxy) is 2. The second kappa shape index (κ2) is 15.5. The minimum Gasteiger partial charge on any atom is -0.483 e. The van der Waals surface area contributed by atoms with E-state index in [-0.39, 0.29) is 81.5 Å². The first-order chi connectivity index (χ1) is 23.5. The van der Waals surface area contributed by atoms with Crippen LogP contribution in [0.2, 0.25) is 0 Å². The molecule has 1 aromatic heterocycles. The zero-order chi connectivity index (χ0) is 35.2. The predicted molar refractivity (Wildman–Crippen MR) is 176 cm³/mol. The third-order valence-electron chi connectivity index (χ3n) is 9.18. The van der Waals surface area contributed by atoms with Crippen molar-refractivity contribution in [2.75, 3.05) is 53.0 Å². The fourth-order valence-corrected chi connectivity index (χ4v) is 6.27. The van der Waals surface area contributed by atoms with Crippen LogP contribution in [-0.4, -0.2) is 136 Å². The summed E-state index contributed by atoms with van der Waals surface area (Å²) in [5.41, 5.74) is 1.22. The topological polar surface area (TPSA) is 179 Å². The van der Waals surface area contributed by atoms with Crippen LogP contribution in [0.25, 0.3) is 10.9 Å². The van der Waals surface area contributed by atoms with Gasteiger partial charge in [-0.1, -0.05) is 6.07 Å². The molecule has 264 valence electrons. The van der Waals surface area contributed by atoms with Crippen LogP contribution in [0.3, 0.4) is 0 Å². The Kier molecular flexibility index (Phi) is 11.2. The van der Waals surface area contributed by atoms with Gasteiger partial charge in [-0.15, -0.1) is 0 Å². The number of aryl methyl sites for hydroxylation is 1. The highest BCUT2D eigenvalue weighted by atomic mass is 16.6. The van der Waals surface area contributed by atoms with Crippen molar-refractivity contribution in [1.82, 2.24) is 29.9 Å². The molecular weight excluding hydrogens is 636 g/mol. The lowest BCUT2D eigenvalue weighted by Crippen LogP contribution is -2.56. The molecule has 0 spiro atoms. The van der Waals surface area contributed by atoms with E-state index in [9.17, 15) is 33.9 Å². The number of fused-ring (bicyclic) bond motifs is 1. The standard InChI is InChI=1S/C34H44N6O9/c1-4-48-34(47)39-16-14-38(15-17-39)32(45)24(11-12-30(42)43)36-31(44)26-19-28(23-10-7-21(2)18-25(23)35-26)49-20-29(41)40-13-5-6-27(40)33(46)37(3)22-8-9-22/h7,10,18-19,22,24,27H,4-6,8-9,11-17,20H2,1-3H3,(H,36,44)(H,42,43)/t24-,27-/m0/s1. The number of aromatic nitrogens is 1. The molecule has 5 amide bonds. The second-order valence-electron chi connectivity index (χ2n) is 12.7. The number of carboxylic acids is 1. The molecule has 3 heterocycles. The number of likely N-dealkylation sites (tertiary alicyclic amines) is 1. The van der Waals surface area contributed by atoms with Crippen LogP contribution in [-0.2, 0) is 23.9 Å². The Morgan fingerprint density at radius 2 is 1.73 bits per heavy atom. The normalized spacial score (nSPS) is 18.2. The predicted octanol–water partition coefficient (Wildman–Crippen LogP) is 1.80. The van der Waals surface area contributed by atoms with Gasteiger partial charge in [0, 0.05) is 63.7 Å². The molecule has 3 aliphatic rings. The van der Waals surface area contributed by atoms with Gasteiger partial charge in [0.15, 0.2) is 6.61 Å². The quantitative estimate of drug-likeness (QED) is 0.336. The third-order valence-corrected chi connectivity index (χ3v) is 9.18. The maximum Gasteiger partial charge on any atom is 0.409 e. The first-order valence-electron chi connectivity index (χ1n) is 16.8. The van der Waals surface area contributed by atoms with Crippen LogP contribution < -0.4 is 10.1 Å². The van der Waals surface area contributed by atoms with E-state index in [1.54, 1.807) is 35.9 Å². The third kappa shape index (κ3) is 8.56. The second-order valence-corrected chi connectivity index (χ2v) is 12.7. The molecule has 15 nitrogen and oxygen atoms in total. The lowest BCUT2D eigenvalue weighted by atomic mass is 10.1. The molecule has 2 saturated heterocycles. The van der Waals surface area contributed by atoms with Crippen molar-refractivity contribution in [1.29, 1.82) is 0 Å². The maximum absolute atomic E-state index is 13.6. The van der Waals surface area contributed by atoms with Crippen LogP contribution >= 0.6 is 0 Å². The lowest BCUT2D eigenvalue weighted by Gasteiger charge is -2.35. The van der Waals surface area contributed by atoms with Crippen molar-refractivity contribution < 1.29 is 43.3 Å². The number of nitrogens with one attached hydrogen (secondary N) is 1. The van der Waals surface area contributed by atoms with Crippen molar-refractivity contribution in [2.24, 2.45) is 0 Å². The molecule has 2 aromatic rings. The average molecular weight is 681 g/mol. The Morgan fingerprint density at radius 1 is 1.02 bits per heavy atom. The van der Waals surface area contributed by atoms with E-state index in [0.717, 1.165) is 18.4 Å². The van der Waals surface area contributed by atoms with Gasteiger partial charge in [-0.25, -0.2) is 9.78 Å². The number of amides is 5. The van der Waals surface area contributed by atoms with Crippen molar-refractivity contribution in [3.05, 3.63) is 35.5 Å². The summed E-state index contributed by atoms with van der Waals surface area (Å²) >= 11 is 0. The van der Waals surface area contributed by atoms with Gasteiger partial charge in [-0.3, -0.25) is 24.0 Å². The number of piperazine rings is 1. The lowest BCUT2D eigenvalue weighted by molar-refractivity contribution is -0.144. The summed E-state index contributed by atoms with van der Waals surface area (Å²) in [6.07, 6.45) is 2.25. The zero-order valence-electron chi connectivity index (χ0n) is 28.2. The molecule has 1 saturated carbocycles. The van der Waals surface area contributed by atoms with Gasteiger partial charge in [0.05, 0.1) is 12.1 Å². The number of likely N-dealkylation sites (N-methyl/N-ethyl adjacent to an activating group) is 1. The molecule has 0 unspecified atom stereocenters. The van der Waals surface area contributed by atoms with Crippen molar-refractivity contribution in [2.45, 2.75) is 70.5 Å². The summed E-state index contributed by atoms with van der Waals surface area (Å²) < 4.78 is 11.0. The molecule has 0 bridgehead atoms. The number of carboxylic acid groups (broad SMARTS) is 1. The van der Waals surface area contributed by atoms with Gasteiger partial charge < -0.3 is 39.5 Å². The number of aliphatic carboxylic acids is 1. The fourth-order valence-electron chi connectivity index (χ4n) is 6.27. The average Bonchev–Trinajstić information content (AvgIpc) is 3.83. The maximum atomic E-state index is 13.6. The molecule has 1 aromatic carbocycles. The largest absolute Gasteiger partial charge is 0.483 e. The molecule has 5 rings (SSSR count). The van der Waals surface area contributed by atoms with Gasteiger partial charge in [-0.05, 0) is 63.6 Å². The molecule has 15 heteroatoms. The SMILES string of the molecule is CCOC(=O)N1CCN(C(=O)[C@H](CCC(=O)O)NC(=O)c2cc(OCC(=O)N3CCC[C@H]3C(=O)N(C)C3CC3)c3ccc(C)cc3n2)CC1. The van der Waals surface area contributed by atoms with E-state index in [0.29, 0.717) is 30.3 Å². The fraction of sp³-hybridized carbons (Fsp3) is 0.559. The number of pyridine rings is 1. The number of carbonyl (C=O) groups is 6. The first-order valence-corrected chi connectivity index (χ1v) is 16.8. The minimum atomic E-state index is -1.17. The van der Waals surface area contributed by atoms with Crippen LogP contribution in [0.4, 0.5) is 4.79 Å².